The first-order valence-electron chi connectivity index (χ1n) is 7.07. The Kier molecular flexibility index (Phi) is 3.43. The van der Waals surface area contributed by atoms with Crippen molar-refractivity contribution in [3.8, 4) is 0 Å². The molecule has 1 aromatic rings. The van der Waals surface area contributed by atoms with Crippen molar-refractivity contribution in [2.45, 2.75) is 58.2 Å². The van der Waals surface area contributed by atoms with E-state index in [-0.39, 0.29) is 0 Å². The maximum atomic E-state index is 4.66. The highest BCUT2D eigenvalue weighted by Crippen LogP contribution is 2.30. The summed E-state index contributed by atoms with van der Waals surface area (Å²) in [6.45, 7) is 9.05. The number of rotatable bonds is 4. The lowest BCUT2D eigenvalue weighted by Gasteiger charge is -2.19. The van der Waals surface area contributed by atoms with E-state index in [0.717, 1.165) is 6.04 Å². The predicted molar refractivity (Wildman–Crippen MR) is 76.1 cm³/mol. The second-order valence-corrected chi connectivity index (χ2v) is 7.18. The van der Waals surface area contributed by atoms with E-state index in [1.165, 1.54) is 47.9 Å². The van der Waals surface area contributed by atoms with Gasteiger partial charge in [0.25, 0.3) is 0 Å². The molecular weight excluding hydrogens is 242 g/mol. The fraction of sp³-hybridized carbons (Fsp3) is 0.786. The van der Waals surface area contributed by atoms with E-state index in [0.29, 0.717) is 12.1 Å². The maximum Gasteiger partial charge on any atom is 0.0900 e. The molecule has 0 bridgehead atoms. The van der Waals surface area contributed by atoms with Gasteiger partial charge in [0.2, 0.25) is 0 Å². The normalized spacial score (nSPS) is 26.7. The summed E-state index contributed by atoms with van der Waals surface area (Å²) in [7, 11) is 0. The smallest absolute Gasteiger partial charge is 0.0900 e. The Morgan fingerprint density at radius 3 is 2.72 bits per heavy atom. The van der Waals surface area contributed by atoms with Crippen molar-refractivity contribution in [1.29, 1.82) is 0 Å². The molecule has 2 atom stereocenters. The van der Waals surface area contributed by atoms with Crippen LogP contribution in [-0.2, 0) is 0 Å². The molecule has 0 aromatic carbocycles. The maximum absolute atomic E-state index is 4.66. The summed E-state index contributed by atoms with van der Waals surface area (Å²) in [5, 5.41) is 4.95. The second kappa shape index (κ2) is 4.91. The fourth-order valence-corrected chi connectivity index (χ4v) is 3.99. The van der Waals surface area contributed by atoms with Crippen LogP contribution in [0.25, 0.3) is 0 Å². The highest BCUT2D eigenvalue weighted by molar-refractivity contribution is 7.11. The number of nitrogens with one attached hydrogen (secondary N) is 1. The number of thiazole rings is 1. The molecule has 2 aliphatic rings. The molecule has 1 saturated heterocycles. The van der Waals surface area contributed by atoms with Crippen molar-refractivity contribution < 1.29 is 0 Å². The standard InChI is InChI=1S/C14H23N3S/c1-9(14-10(2)18-11(3)16-14)15-12-6-7-17(8-12)13-4-5-13/h9,12-13,15H,4-8H2,1-3H3. The van der Waals surface area contributed by atoms with Crippen LogP contribution < -0.4 is 5.32 Å². The Morgan fingerprint density at radius 2 is 2.11 bits per heavy atom. The molecular formula is C14H23N3S. The monoisotopic (exact) mass is 265 g/mol. The summed E-state index contributed by atoms with van der Waals surface area (Å²) < 4.78 is 0. The lowest BCUT2D eigenvalue weighted by Crippen LogP contribution is -2.35. The van der Waals surface area contributed by atoms with Gasteiger partial charge in [-0.2, -0.15) is 0 Å². The van der Waals surface area contributed by atoms with Gasteiger partial charge in [-0.15, -0.1) is 11.3 Å². The van der Waals surface area contributed by atoms with Crippen LogP contribution in [0.1, 0.15) is 47.8 Å². The number of aryl methyl sites for hydroxylation is 2. The average Bonchev–Trinajstić information content (AvgIpc) is 2.97. The van der Waals surface area contributed by atoms with Gasteiger partial charge < -0.3 is 5.32 Å². The largest absolute Gasteiger partial charge is 0.305 e. The van der Waals surface area contributed by atoms with E-state index in [2.05, 4.69) is 36.0 Å². The third kappa shape index (κ3) is 2.60. The second-order valence-electron chi connectivity index (χ2n) is 5.77. The van der Waals surface area contributed by atoms with Crippen LogP contribution in [0.4, 0.5) is 0 Å². The Morgan fingerprint density at radius 1 is 1.33 bits per heavy atom. The van der Waals surface area contributed by atoms with Crippen molar-refractivity contribution >= 4 is 11.3 Å². The molecule has 18 heavy (non-hydrogen) atoms. The number of aromatic nitrogens is 1. The first-order chi connectivity index (χ1) is 8.63. The molecule has 1 N–H and O–H groups in total. The molecule has 0 amide bonds. The van der Waals surface area contributed by atoms with Gasteiger partial charge >= 0.3 is 0 Å². The lowest BCUT2D eigenvalue weighted by atomic mass is 10.1. The summed E-state index contributed by atoms with van der Waals surface area (Å²) in [5.74, 6) is 0. The van der Waals surface area contributed by atoms with E-state index in [9.17, 15) is 0 Å². The van der Waals surface area contributed by atoms with Gasteiger partial charge in [-0.1, -0.05) is 0 Å². The van der Waals surface area contributed by atoms with E-state index in [1.54, 1.807) is 0 Å². The van der Waals surface area contributed by atoms with Crippen LogP contribution in [0.15, 0.2) is 0 Å². The number of nitrogens with zero attached hydrogens (tertiary/aromatic N) is 2. The molecule has 1 saturated carbocycles. The van der Waals surface area contributed by atoms with Crippen LogP contribution >= 0.6 is 11.3 Å². The highest BCUT2D eigenvalue weighted by Gasteiger charge is 2.34. The number of hydrogen-bond acceptors (Lipinski definition) is 4. The van der Waals surface area contributed by atoms with Gasteiger partial charge in [0.15, 0.2) is 0 Å². The molecule has 2 fully saturated rings. The fourth-order valence-electron chi connectivity index (χ4n) is 3.07. The molecule has 2 heterocycles. The Balaban J connectivity index is 1.57. The minimum absolute atomic E-state index is 0.388. The minimum atomic E-state index is 0.388. The first kappa shape index (κ1) is 12.6. The SMILES string of the molecule is Cc1nc(C(C)NC2CCN(C3CC3)C2)c(C)s1. The Bertz CT molecular complexity index is 425. The van der Waals surface area contributed by atoms with Gasteiger partial charge in [0.05, 0.1) is 10.7 Å². The van der Waals surface area contributed by atoms with Gasteiger partial charge in [0, 0.05) is 36.1 Å². The highest BCUT2D eigenvalue weighted by atomic mass is 32.1. The van der Waals surface area contributed by atoms with Crippen LogP contribution in [-0.4, -0.2) is 35.1 Å². The Labute approximate surface area is 114 Å². The molecule has 1 aliphatic heterocycles. The van der Waals surface area contributed by atoms with Crippen molar-refractivity contribution in [3.63, 3.8) is 0 Å². The quantitative estimate of drug-likeness (QED) is 0.907. The summed E-state index contributed by atoms with van der Waals surface area (Å²) in [4.78, 5) is 8.68. The zero-order valence-corrected chi connectivity index (χ0v) is 12.4. The molecule has 1 aliphatic carbocycles. The van der Waals surface area contributed by atoms with Crippen LogP contribution in [0.5, 0.6) is 0 Å². The van der Waals surface area contributed by atoms with Crippen molar-refractivity contribution in [1.82, 2.24) is 15.2 Å². The third-order valence-corrected chi connectivity index (χ3v) is 5.02. The number of likely N-dealkylation sites (tertiary alicyclic amines) is 1. The van der Waals surface area contributed by atoms with Crippen LogP contribution in [0, 0.1) is 13.8 Å². The molecule has 3 nitrogen and oxygen atoms in total. The first-order valence-corrected chi connectivity index (χ1v) is 7.89. The Hall–Kier alpha value is -0.450. The zero-order valence-electron chi connectivity index (χ0n) is 11.6. The molecule has 0 spiro atoms. The number of hydrogen-bond donors (Lipinski definition) is 1. The summed E-state index contributed by atoms with van der Waals surface area (Å²) in [6.07, 6.45) is 4.14. The molecule has 4 heteroatoms. The minimum Gasteiger partial charge on any atom is -0.305 e. The molecule has 1 aromatic heterocycles. The van der Waals surface area contributed by atoms with Crippen LogP contribution in [0.3, 0.4) is 0 Å². The summed E-state index contributed by atoms with van der Waals surface area (Å²) in [5.41, 5.74) is 1.25. The topological polar surface area (TPSA) is 28.2 Å². The van der Waals surface area contributed by atoms with Crippen LogP contribution in [0.2, 0.25) is 0 Å². The van der Waals surface area contributed by atoms with Crippen molar-refractivity contribution in [2.24, 2.45) is 0 Å². The summed E-state index contributed by atoms with van der Waals surface area (Å²) >= 11 is 1.81. The van der Waals surface area contributed by atoms with E-state index in [4.69, 9.17) is 0 Å². The third-order valence-electron chi connectivity index (χ3n) is 4.12. The lowest BCUT2D eigenvalue weighted by molar-refractivity contribution is 0.313. The molecule has 2 unspecified atom stereocenters. The van der Waals surface area contributed by atoms with E-state index >= 15 is 0 Å². The molecule has 0 radical (unpaired) electrons. The van der Waals surface area contributed by atoms with E-state index in [1.807, 2.05) is 11.3 Å². The van der Waals surface area contributed by atoms with Crippen molar-refractivity contribution in [2.75, 3.05) is 13.1 Å². The van der Waals surface area contributed by atoms with E-state index < -0.39 is 0 Å². The van der Waals surface area contributed by atoms with Gasteiger partial charge in [-0.25, -0.2) is 4.98 Å². The van der Waals surface area contributed by atoms with Gasteiger partial charge in [0.1, 0.15) is 0 Å². The summed E-state index contributed by atoms with van der Waals surface area (Å²) in [6, 6.07) is 1.96. The predicted octanol–water partition coefficient (Wildman–Crippen LogP) is 2.65. The van der Waals surface area contributed by atoms with Gasteiger partial charge in [-0.3, -0.25) is 4.90 Å². The van der Waals surface area contributed by atoms with Crippen molar-refractivity contribution in [3.05, 3.63) is 15.6 Å². The molecule has 3 rings (SSSR count). The molecule has 100 valence electrons. The van der Waals surface area contributed by atoms with Gasteiger partial charge in [-0.05, 0) is 40.0 Å². The zero-order chi connectivity index (χ0) is 12.7. The average molecular weight is 265 g/mol.